The maximum Gasteiger partial charge on any atom is 0.472 e. The molecule has 0 spiro atoms. The summed E-state index contributed by atoms with van der Waals surface area (Å²) in [6.45, 7) is -1.15. The van der Waals surface area contributed by atoms with E-state index in [1.54, 1.807) is 43.3 Å². The number of fused-ring (bicyclic) bond motifs is 2. The lowest BCUT2D eigenvalue weighted by Crippen LogP contribution is -2.53. The molecule has 4 aromatic rings. The van der Waals surface area contributed by atoms with Crippen molar-refractivity contribution in [2.75, 3.05) is 64.0 Å². The minimum absolute atomic E-state index is 0.0327. The fraction of sp³-hybridized carbons (Fsp3) is 0.617. The fourth-order valence-electron chi connectivity index (χ4n) is 9.73. The Kier molecular flexibility index (Phi) is 20.4. The second-order valence-electron chi connectivity index (χ2n) is 19.7. The molecule has 7 heterocycles. The summed E-state index contributed by atoms with van der Waals surface area (Å²) in [5.41, 5.74) is 12.6. The lowest BCUT2D eigenvalue weighted by atomic mass is 10.0. The number of benzene rings is 1. The van der Waals surface area contributed by atoms with Crippen LogP contribution in [0.15, 0.2) is 54.0 Å². The van der Waals surface area contributed by atoms with E-state index < -0.39 is 89.4 Å². The second-order valence-corrected chi connectivity index (χ2v) is 23.8. The minimum atomic E-state index is -5.19. The third kappa shape index (κ3) is 15.8. The number of urea groups is 1. The van der Waals surface area contributed by atoms with Crippen LogP contribution in [0.1, 0.15) is 75.8 Å². The lowest BCUT2D eigenvalue weighted by Gasteiger charge is -2.25. The molecule has 79 heavy (non-hydrogen) atoms. The summed E-state index contributed by atoms with van der Waals surface area (Å²) in [6, 6.07) is 6.03. The number of phosphoric ester groups is 2. The third-order valence-corrected chi connectivity index (χ3v) is 17.3. The molecule has 1 aromatic carbocycles. The van der Waals surface area contributed by atoms with Gasteiger partial charge in [0.1, 0.15) is 48.5 Å². The Hall–Kier alpha value is -5.33. The van der Waals surface area contributed by atoms with E-state index in [4.69, 9.17) is 43.8 Å². The molecule has 4 saturated heterocycles. The van der Waals surface area contributed by atoms with Gasteiger partial charge in [-0.15, -0.1) is 0 Å². The summed E-state index contributed by atoms with van der Waals surface area (Å²) in [7, 11) is -4.89. The van der Waals surface area contributed by atoms with Crippen molar-refractivity contribution in [3.8, 4) is 5.75 Å². The molecule has 0 radical (unpaired) electrons. The van der Waals surface area contributed by atoms with Crippen LogP contribution in [0.25, 0.3) is 11.2 Å². The summed E-state index contributed by atoms with van der Waals surface area (Å²) in [6.07, 6.45) is 1.00. The van der Waals surface area contributed by atoms with Gasteiger partial charge >= 0.3 is 27.4 Å². The van der Waals surface area contributed by atoms with Crippen LogP contribution in [0.4, 0.5) is 16.4 Å². The van der Waals surface area contributed by atoms with Crippen LogP contribution in [-0.2, 0) is 52.7 Å². The Labute approximate surface area is 458 Å². The Bertz CT molecular complexity index is 2890. The first-order chi connectivity index (χ1) is 37.8. The molecule has 4 aliphatic rings. The number of imidazole rings is 1. The zero-order chi connectivity index (χ0) is 56.4. The molecule has 8 rings (SSSR count). The Morgan fingerprint density at radius 2 is 1.71 bits per heavy atom. The molecule has 3 aromatic heterocycles. The first kappa shape index (κ1) is 59.8. The van der Waals surface area contributed by atoms with Crippen molar-refractivity contribution in [3.05, 3.63) is 65.2 Å². The molecule has 4 aliphatic heterocycles. The maximum atomic E-state index is 13.9. The molecule has 0 saturated carbocycles. The summed E-state index contributed by atoms with van der Waals surface area (Å²) in [5, 5.41) is 23.8. The van der Waals surface area contributed by atoms with Gasteiger partial charge in [0.15, 0.2) is 23.2 Å². The summed E-state index contributed by atoms with van der Waals surface area (Å²) < 4.78 is 68.5. The minimum Gasteiger partial charge on any atom is -0.497 e. The van der Waals surface area contributed by atoms with Crippen molar-refractivity contribution in [1.29, 1.82) is 0 Å². The van der Waals surface area contributed by atoms with Gasteiger partial charge in [-0.25, -0.2) is 33.7 Å². The quantitative estimate of drug-likeness (QED) is 0.0211. The van der Waals surface area contributed by atoms with Crippen molar-refractivity contribution in [1.82, 2.24) is 50.3 Å². The number of hydrogen-bond acceptors (Lipinski definition) is 22. The van der Waals surface area contributed by atoms with Gasteiger partial charge in [0, 0.05) is 50.7 Å². The predicted molar refractivity (Wildman–Crippen MR) is 285 cm³/mol. The normalized spacial score (nSPS) is 26.4. The number of anilines is 2. The number of methoxy groups -OCH3 is 1. The standard InChI is InChI=1S/C47H69N13O16P2S/c1-58(2)42-40-43(52-25-51-42)60(26-53-40)45-41(62)39(56-44(63)29(48)20-27-12-14-28(70-3)15-13-27)33(75-45)23-73-78(68,69)76-31-21-37(59-18-16-35(49)55-47(59)65)74-32(31)22-72-77(66,67)71-19-9-5-4-8-17-50-36(61)11-7-6-10-34-38-30(24-79-34)54-46(64)57-38/h12-16,18,25-26,29-34,37-39,41,45,62H,4-11,17,19-24,48H2,1-3H3,(H,50,61)(H,56,63)(H,66,67)(H,68,69)(H2,49,55,65)(H2,54,57,64)/t29-,30-,31-,32+,33+,34-,37+,38-,39+,41+,45+/m0/s1. The molecule has 434 valence electrons. The molecular formula is C47H69N13O16P2S. The van der Waals surface area contributed by atoms with Gasteiger partial charge < -0.3 is 66.7 Å². The number of ether oxygens (including phenoxy) is 3. The topological polar surface area (TPSA) is 393 Å². The number of nitrogen functional groups attached to an aromatic ring is 1. The number of phosphoric acid groups is 2. The highest BCUT2D eigenvalue weighted by atomic mass is 32.2. The Morgan fingerprint density at radius 3 is 2.47 bits per heavy atom. The van der Waals surface area contributed by atoms with Crippen LogP contribution in [-0.4, -0.2) is 169 Å². The van der Waals surface area contributed by atoms with E-state index in [2.05, 4.69) is 41.2 Å². The zero-order valence-electron chi connectivity index (χ0n) is 43.8. The van der Waals surface area contributed by atoms with Gasteiger partial charge in [-0.05, 0) is 55.9 Å². The van der Waals surface area contributed by atoms with Gasteiger partial charge in [0.2, 0.25) is 11.8 Å². The third-order valence-electron chi connectivity index (χ3n) is 13.8. The van der Waals surface area contributed by atoms with Crippen LogP contribution >= 0.6 is 27.4 Å². The van der Waals surface area contributed by atoms with Crippen LogP contribution in [0, 0.1) is 0 Å². The number of amides is 4. The number of nitrogens with zero attached hydrogens (tertiary/aromatic N) is 7. The van der Waals surface area contributed by atoms with E-state index in [0.717, 1.165) is 35.1 Å². The van der Waals surface area contributed by atoms with E-state index in [1.165, 1.54) is 36.6 Å². The van der Waals surface area contributed by atoms with E-state index >= 15 is 0 Å². The van der Waals surface area contributed by atoms with Gasteiger partial charge in [-0.3, -0.25) is 36.8 Å². The Morgan fingerprint density at radius 1 is 0.949 bits per heavy atom. The number of hydrogen-bond donors (Lipinski definition) is 9. The average molecular weight is 1170 g/mol. The van der Waals surface area contributed by atoms with Gasteiger partial charge in [-0.1, -0.05) is 31.4 Å². The highest BCUT2D eigenvalue weighted by molar-refractivity contribution is 8.00. The smallest absolute Gasteiger partial charge is 0.472 e. The number of thioether (sulfide) groups is 1. The zero-order valence-corrected chi connectivity index (χ0v) is 46.4. The lowest BCUT2D eigenvalue weighted by molar-refractivity contribution is -0.124. The SMILES string of the molecule is COc1ccc(C[C@H](N)C(=O)N[C@H]2[C@@H](O)[C@H](n3cnc4c(N(C)C)ncnc43)O[C@@H]2COP(=O)(O)O[C@H]2C[C@H](n3ccc(N)nc3=O)O[C@@H]2COP(=O)(O)OCCCCCCNC(=O)CCCC[C@@H]2SC[C@@H]3NC(=O)N[C@@H]32)cc1. The summed E-state index contributed by atoms with van der Waals surface area (Å²) in [5.74, 6) is 1.17. The number of nitrogens with two attached hydrogens (primary N) is 2. The number of aromatic nitrogens is 6. The first-order valence-corrected chi connectivity index (χ1v) is 29.9. The molecule has 2 unspecified atom stereocenters. The van der Waals surface area contributed by atoms with Gasteiger partial charge in [0.25, 0.3) is 0 Å². The molecule has 11 N–H and O–H groups in total. The second kappa shape index (κ2) is 27.0. The van der Waals surface area contributed by atoms with Crippen LogP contribution < -0.4 is 48.1 Å². The number of nitrogens with one attached hydrogen (secondary N) is 4. The van der Waals surface area contributed by atoms with Gasteiger partial charge in [0.05, 0.1) is 57.4 Å². The monoisotopic (exact) mass is 1170 g/mol. The van der Waals surface area contributed by atoms with Crippen molar-refractivity contribution in [2.45, 2.75) is 130 Å². The number of aliphatic hydroxyl groups is 1. The van der Waals surface area contributed by atoms with Crippen LogP contribution in [0.3, 0.4) is 0 Å². The van der Waals surface area contributed by atoms with Gasteiger partial charge in [-0.2, -0.15) is 16.7 Å². The molecule has 32 heteroatoms. The molecule has 29 nitrogen and oxygen atoms in total. The van der Waals surface area contributed by atoms with E-state index in [0.29, 0.717) is 61.0 Å². The molecule has 13 atom stereocenters. The number of rotatable bonds is 29. The number of aliphatic hydroxyl groups excluding tert-OH is 1. The highest BCUT2D eigenvalue weighted by Gasteiger charge is 2.49. The van der Waals surface area contributed by atoms with Crippen molar-refractivity contribution in [3.63, 3.8) is 0 Å². The molecule has 4 amide bonds. The Balaban J connectivity index is 0.836. The number of unbranched alkanes of at least 4 members (excludes halogenated alkanes) is 4. The molecular weight excluding hydrogens is 1100 g/mol. The van der Waals surface area contributed by atoms with Crippen LogP contribution in [0.2, 0.25) is 0 Å². The highest BCUT2D eigenvalue weighted by Crippen LogP contribution is 2.50. The van der Waals surface area contributed by atoms with Crippen molar-refractivity contribution < 1.29 is 70.7 Å². The van der Waals surface area contributed by atoms with E-state index in [9.17, 15) is 43.2 Å². The largest absolute Gasteiger partial charge is 0.497 e. The average Bonchev–Trinajstić information content (AvgIpc) is 4.44. The molecule has 4 fully saturated rings. The maximum absolute atomic E-state index is 13.9. The summed E-state index contributed by atoms with van der Waals surface area (Å²) in [4.78, 5) is 90.9. The first-order valence-electron chi connectivity index (χ1n) is 25.9. The predicted octanol–water partition coefficient (Wildman–Crippen LogP) is 1.38. The molecule has 0 bridgehead atoms. The number of carbonyl (C=O) groups excluding carboxylic acids is 3. The van der Waals surface area contributed by atoms with E-state index in [-0.39, 0.29) is 54.9 Å². The van der Waals surface area contributed by atoms with Crippen LogP contribution in [0.5, 0.6) is 5.75 Å². The fourth-order valence-corrected chi connectivity index (χ4v) is 13.0. The van der Waals surface area contributed by atoms with E-state index in [1.807, 2.05) is 11.8 Å². The number of carbonyl (C=O) groups is 3. The summed E-state index contributed by atoms with van der Waals surface area (Å²) >= 11 is 1.85. The van der Waals surface area contributed by atoms with Crippen molar-refractivity contribution >= 4 is 68.1 Å². The van der Waals surface area contributed by atoms with Crippen molar-refractivity contribution in [2.24, 2.45) is 5.73 Å². The molecule has 0 aliphatic carbocycles.